The van der Waals surface area contributed by atoms with Gasteiger partial charge in [-0.05, 0) is 33.6 Å². The van der Waals surface area contributed by atoms with E-state index >= 15 is 0 Å². The first kappa shape index (κ1) is 11.2. The summed E-state index contributed by atoms with van der Waals surface area (Å²) in [4.78, 5) is 0. The van der Waals surface area contributed by atoms with Gasteiger partial charge < -0.3 is 10.8 Å². The number of anilines is 1. The number of aromatic nitrogens is 2. The van der Waals surface area contributed by atoms with Crippen molar-refractivity contribution in [2.75, 3.05) is 5.73 Å². The Morgan fingerprint density at radius 3 is 2.50 bits per heavy atom. The normalized spacial score (nSPS) is 12.7. The van der Waals surface area contributed by atoms with Gasteiger partial charge in [0.1, 0.15) is 6.10 Å². The molecule has 5 heteroatoms. The molecule has 1 aromatic heterocycles. The Kier molecular flexibility index (Phi) is 2.98. The molecule has 4 nitrogen and oxygen atoms in total. The highest BCUT2D eigenvalue weighted by Gasteiger charge is 2.17. The standard InChI is InChI=1S/C11H12BrN3O/c1-15-10(9(12)6-14-15)11(16)7-2-4-8(13)5-3-7/h2-6,11,16H,13H2,1H3. The second-order valence-electron chi connectivity index (χ2n) is 3.57. The fourth-order valence-corrected chi connectivity index (χ4v) is 2.13. The topological polar surface area (TPSA) is 64.1 Å². The molecule has 1 heterocycles. The molecule has 0 amide bonds. The summed E-state index contributed by atoms with van der Waals surface area (Å²) < 4.78 is 2.43. The molecule has 84 valence electrons. The summed E-state index contributed by atoms with van der Waals surface area (Å²) in [6.07, 6.45) is 0.957. The third-order valence-electron chi connectivity index (χ3n) is 2.45. The number of aliphatic hydroxyl groups excluding tert-OH is 1. The Morgan fingerprint density at radius 2 is 2.00 bits per heavy atom. The second-order valence-corrected chi connectivity index (χ2v) is 4.42. The van der Waals surface area contributed by atoms with Crippen LogP contribution in [0, 0.1) is 0 Å². The van der Waals surface area contributed by atoms with Crippen molar-refractivity contribution < 1.29 is 5.11 Å². The minimum atomic E-state index is -0.706. The zero-order valence-electron chi connectivity index (χ0n) is 8.76. The smallest absolute Gasteiger partial charge is 0.122 e. The summed E-state index contributed by atoms with van der Waals surface area (Å²) in [7, 11) is 1.79. The van der Waals surface area contributed by atoms with Gasteiger partial charge in [-0.1, -0.05) is 12.1 Å². The fraction of sp³-hybridized carbons (Fsp3) is 0.182. The highest BCUT2D eigenvalue weighted by atomic mass is 79.9. The molecular formula is C11H12BrN3O. The summed E-state index contributed by atoms with van der Waals surface area (Å²) >= 11 is 3.36. The number of rotatable bonds is 2. The maximum atomic E-state index is 10.2. The highest BCUT2D eigenvalue weighted by Crippen LogP contribution is 2.28. The van der Waals surface area contributed by atoms with Crippen molar-refractivity contribution >= 4 is 21.6 Å². The van der Waals surface area contributed by atoms with Crippen molar-refractivity contribution in [3.8, 4) is 0 Å². The zero-order chi connectivity index (χ0) is 11.7. The van der Waals surface area contributed by atoms with E-state index in [0.29, 0.717) is 5.69 Å². The molecule has 0 fully saturated rings. The summed E-state index contributed by atoms with van der Waals surface area (Å²) in [6.45, 7) is 0. The minimum Gasteiger partial charge on any atom is -0.399 e. The molecule has 0 saturated heterocycles. The molecule has 1 aromatic carbocycles. The Morgan fingerprint density at radius 1 is 1.38 bits per heavy atom. The maximum absolute atomic E-state index is 10.2. The predicted octanol–water partition coefficient (Wildman–Crippen LogP) is 1.85. The van der Waals surface area contributed by atoms with Crippen LogP contribution in [0.25, 0.3) is 0 Å². The Labute approximate surface area is 102 Å². The van der Waals surface area contributed by atoms with Gasteiger partial charge in [0.25, 0.3) is 0 Å². The quantitative estimate of drug-likeness (QED) is 0.826. The zero-order valence-corrected chi connectivity index (χ0v) is 10.3. The number of aryl methyl sites for hydroxylation is 1. The molecule has 0 aliphatic heterocycles. The van der Waals surface area contributed by atoms with Gasteiger partial charge >= 0.3 is 0 Å². The lowest BCUT2D eigenvalue weighted by Crippen LogP contribution is -2.07. The molecule has 1 unspecified atom stereocenters. The van der Waals surface area contributed by atoms with Crippen LogP contribution in [0.3, 0.4) is 0 Å². The van der Waals surface area contributed by atoms with E-state index in [4.69, 9.17) is 5.73 Å². The first-order valence-electron chi connectivity index (χ1n) is 4.80. The van der Waals surface area contributed by atoms with E-state index in [1.54, 1.807) is 42.2 Å². The first-order chi connectivity index (χ1) is 7.59. The second kappa shape index (κ2) is 4.27. The fourth-order valence-electron chi connectivity index (χ4n) is 1.56. The van der Waals surface area contributed by atoms with E-state index in [1.165, 1.54) is 0 Å². The van der Waals surface area contributed by atoms with Crippen molar-refractivity contribution in [2.24, 2.45) is 7.05 Å². The lowest BCUT2D eigenvalue weighted by Gasteiger charge is -2.12. The molecule has 0 aliphatic rings. The van der Waals surface area contributed by atoms with Crippen molar-refractivity contribution in [3.05, 3.63) is 46.2 Å². The molecule has 0 saturated carbocycles. The molecule has 0 bridgehead atoms. The maximum Gasteiger partial charge on any atom is 0.122 e. The SMILES string of the molecule is Cn1ncc(Br)c1C(O)c1ccc(N)cc1. The molecule has 2 rings (SSSR count). The van der Waals surface area contributed by atoms with Crippen LogP contribution < -0.4 is 5.73 Å². The van der Waals surface area contributed by atoms with Crippen LogP contribution >= 0.6 is 15.9 Å². The van der Waals surface area contributed by atoms with E-state index in [1.807, 2.05) is 0 Å². The van der Waals surface area contributed by atoms with Gasteiger partial charge in [0.15, 0.2) is 0 Å². The Bertz CT molecular complexity index is 473. The van der Waals surface area contributed by atoms with Crippen LogP contribution in [0.2, 0.25) is 0 Å². The monoisotopic (exact) mass is 281 g/mol. The number of hydrogen-bond donors (Lipinski definition) is 2. The van der Waals surface area contributed by atoms with Crippen molar-refractivity contribution in [1.29, 1.82) is 0 Å². The van der Waals surface area contributed by atoms with E-state index in [0.717, 1.165) is 15.7 Å². The van der Waals surface area contributed by atoms with Crippen LogP contribution in [-0.4, -0.2) is 14.9 Å². The third kappa shape index (κ3) is 1.96. The molecule has 1 atom stereocenters. The van der Waals surface area contributed by atoms with Gasteiger partial charge in [-0.3, -0.25) is 4.68 Å². The minimum absolute atomic E-state index is 0.681. The third-order valence-corrected chi connectivity index (χ3v) is 3.06. The van der Waals surface area contributed by atoms with Crippen LogP contribution in [0.5, 0.6) is 0 Å². The number of nitrogens with zero attached hydrogens (tertiary/aromatic N) is 2. The highest BCUT2D eigenvalue weighted by molar-refractivity contribution is 9.10. The molecule has 3 N–H and O–H groups in total. The van der Waals surface area contributed by atoms with Gasteiger partial charge in [0.2, 0.25) is 0 Å². The van der Waals surface area contributed by atoms with Gasteiger partial charge in [0.05, 0.1) is 16.4 Å². The number of nitrogen functional groups attached to an aromatic ring is 1. The van der Waals surface area contributed by atoms with Crippen LogP contribution in [0.4, 0.5) is 5.69 Å². The van der Waals surface area contributed by atoms with Crippen molar-refractivity contribution in [3.63, 3.8) is 0 Å². The van der Waals surface area contributed by atoms with Gasteiger partial charge in [0, 0.05) is 12.7 Å². The van der Waals surface area contributed by atoms with E-state index in [9.17, 15) is 5.11 Å². The van der Waals surface area contributed by atoms with Crippen molar-refractivity contribution in [1.82, 2.24) is 9.78 Å². The van der Waals surface area contributed by atoms with Crippen LogP contribution in [-0.2, 0) is 7.05 Å². The lowest BCUT2D eigenvalue weighted by molar-refractivity contribution is 0.209. The molecule has 0 spiro atoms. The average molecular weight is 282 g/mol. The van der Waals surface area contributed by atoms with E-state index in [-0.39, 0.29) is 0 Å². The van der Waals surface area contributed by atoms with Crippen LogP contribution in [0.15, 0.2) is 34.9 Å². The largest absolute Gasteiger partial charge is 0.399 e. The first-order valence-corrected chi connectivity index (χ1v) is 5.60. The lowest BCUT2D eigenvalue weighted by atomic mass is 10.1. The number of halogens is 1. The Hall–Kier alpha value is -1.33. The summed E-state index contributed by atoms with van der Waals surface area (Å²) in [5.41, 5.74) is 7.79. The summed E-state index contributed by atoms with van der Waals surface area (Å²) in [5, 5.41) is 14.3. The van der Waals surface area contributed by atoms with Crippen molar-refractivity contribution in [2.45, 2.75) is 6.10 Å². The number of nitrogens with two attached hydrogens (primary N) is 1. The molecule has 16 heavy (non-hydrogen) atoms. The number of aliphatic hydroxyl groups is 1. The predicted molar refractivity (Wildman–Crippen MR) is 65.8 cm³/mol. The molecule has 0 radical (unpaired) electrons. The number of benzene rings is 1. The van der Waals surface area contributed by atoms with Gasteiger partial charge in [-0.25, -0.2) is 0 Å². The van der Waals surface area contributed by atoms with Gasteiger partial charge in [-0.2, -0.15) is 5.10 Å². The van der Waals surface area contributed by atoms with Gasteiger partial charge in [-0.15, -0.1) is 0 Å². The van der Waals surface area contributed by atoms with E-state index < -0.39 is 6.10 Å². The van der Waals surface area contributed by atoms with Crippen LogP contribution in [0.1, 0.15) is 17.4 Å². The molecule has 2 aromatic rings. The Balaban J connectivity index is 2.39. The average Bonchev–Trinajstić information content (AvgIpc) is 2.59. The summed E-state index contributed by atoms with van der Waals surface area (Å²) in [6, 6.07) is 7.14. The molecule has 0 aliphatic carbocycles. The van der Waals surface area contributed by atoms with E-state index in [2.05, 4.69) is 21.0 Å². The number of hydrogen-bond acceptors (Lipinski definition) is 3. The summed E-state index contributed by atoms with van der Waals surface area (Å²) in [5.74, 6) is 0. The molecular weight excluding hydrogens is 270 g/mol.